The van der Waals surface area contributed by atoms with Gasteiger partial charge >= 0.3 is 0 Å². The number of amides is 1. The summed E-state index contributed by atoms with van der Waals surface area (Å²) in [5, 5.41) is 12.3. The zero-order valence-corrected chi connectivity index (χ0v) is 12.2. The summed E-state index contributed by atoms with van der Waals surface area (Å²) in [6.07, 6.45) is 10.0. The number of hydrogen-bond acceptors (Lipinski definition) is 3. The van der Waals surface area contributed by atoms with E-state index in [2.05, 4.69) is 17.6 Å². The third-order valence-electron chi connectivity index (χ3n) is 3.67. The molecule has 1 N–H and O–H groups in total. The number of nitriles is 1. The summed E-state index contributed by atoms with van der Waals surface area (Å²) in [6, 6.07) is 2.29. The van der Waals surface area contributed by atoms with Gasteiger partial charge in [0.25, 0.3) is 0 Å². The lowest BCUT2D eigenvalue weighted by Gasteiger charge is -2.23. The van der Waals surface area contributed by atoms with Gasteiger partial charge in [-0.3, -0.25) is 4.79 Å². The molecular formula is C14H24N2OS. The maximum absolute atomic E-state index is 12.2. The summed E-state index contributed by atoms with van der Waals surface area (Å²) in [5.41, 5.74) is -0.740. The quantitative estimate of drug-likeness (QED) is 0.595. The van der Waals surface area contributed by atoms with Gasteiger partial charge in [0.15, 0.2) is 0 Å². The minimum absolute atomic E-state index is 0.0314. The summed E-state index contributed by atoms with van der Waals surface area (Å²) >= 11 is 1.83. The molecule has 0 aromatic rings. The van der Waals surface area contributed by atoms with Gasteiger partial charge in [0.2, 0.25) is 5.91 Å². The maximum atomic E-state index is 12.2. The molecule has 0 spiro atoms. The molecule has 18 heavy (non-hydrogen) atoms. The van der Waals surface area contributed by atoms with E-state index in [0.717, 1.165) is 57.1 Å². The predicted octanol–water partition coefficient (Wildman–Crippen LogP) is 3.11. The van der Waals surface area contributed by atoms with E-state index in [1.807, 2.05) is 11.8 Å². The smallest absolute Gasteiger partial charge is 0.240 e. The van der Waals surface area contributed by atoms with Crippen molar-refractivity contribution >= 4 is 17.7 Å². The van der Waals surface area contributed by atoms with Crippen LogP contribution in [0.25, 0.3) is 0 Å². The highest BCUT2D eigenvalue weighted by Crippen LogP contribution is 2.34. The second-order valence-corrected chi connectivity index (χ2v) is 6.05. The van der Waals surface area contributed by atoms with Gasteiger partial charge in [-0.1, -0.05) is 25.7 Å². The fourth-order valence-corrected chi connectivity index (χ4v) is 2.96. The fraction of sp³-hybridized carbons (Fsp3) is 0.857. The Morgan fingerprint density at radius 1 is 1.28 bits per heavy atom. The lowest BCUT2D eigenvalue weighted by atomic mass is 9.81. The Hall–Kier alpha value is -0.690. The first-order valence-corrected chi connectivity index (χ1v) is 8.33. The molecule has 0 radical (unpaired) electrons. The molecule has 4 heteroatoms. The van der Waals surface area contributed by atoms with Crippen molar-refractivity contribution < 1.29 is 4.79 Å². The van der Waals surface area contributed by atoms with Gasteiger partial charge in [0, 0.05) is 6.54 Å². The molecule has 1 fully saturated rings. The maximum Gasteiger partial charge on any atom is 0.240 e. The lowest BCUT2D eigenvalue weighted by molar-refractivity contribution is -0.128. The molecule has 0 aromatic heterocycles. The molecule has 0 saturated heterocycles. The number of nitrogens with one attached hydrogen (secondary N) is 1. The minimum Gasteiger partial charge on any atom is -0.355 e. The monoisotopic (exact) mass is 268 g/mol. The molecule has 0 aromatic carbocycles. The number of carbonyl (C=O) groups excluding carboxylic acids is 1. The SMILES string of the molecule is CSCCCCNC(=O)C1(C#N)CCCCCC1. The van der Waals surface area contributed by atoms with Crippen LogP contribution >= 0.6 is 11.8 Å². The van der Waals surface area contributed by atoms with Crippen LogP contribution in [-0.2, 0) is 4.79 Å². The van der Waals surface area contributed by atoms with Gasteiger partial charge in [-0.15, -0.1) is 0 Å². The normalized spacial score (nSPS) is 18.7. The van der Waals surface area contributed by atoms with Crippen LogP contribution < -0.4 is 5.32 Å². The Balaban J connectivity index is 2.39. The molecule has 0 aliphatic heterocycles. The largest absolute Gasteiger partial charge is 0.355 e. The Morgan fingerprint density at radius 2 is 1.94 bits per heavy atom. The Kier molecular flexibility index (Phi) is 7.19. The molecular weight excluding hydrogens is 244 g/mol. The highest BCUT2D eigenvalue weighted by atomic mass is 32.2. The fourth-order valence-electron chi connectivity index (χ4n) is 2.46. The number of thioether (sulfide) groups is 1. The van der Waals surface area contributed by atoms with Crippen LogP contribution in [0.3, 0.4) is 0 Å². The lowest BCUT2D eigenvalue weighted by Crippen LogP contribution is -2.40. The first-order valence-electron chi connectivity index (χ1n) is 6.94. The molecule has 0 bridgehead atoms. The zero-order valence-electron chi connectivity index (χ0n) is 11.3. The van der Waals surface area contributed by atoms with Crippen molar-refractivity contribution in [2.45, 2.75) is 51.4 Å². The average Bonchev–Trinajstić information content (AvgIpc) is 2.64. The predicted molar refractivity (Wildman–Crippen MR) is 76.4 cm³/mol. The topological polar surface area (TPSA) is 52.9 Å². The van der Waals surface area contributed by atoms with Gasteiger partial charge in [-0.05, 0) is 37.7 Å². The highest BCUT2D eigenvalue weighted by molar-refractivity contribution is 7.98. The first-order chi connectivity index (χ1) is 8.75. The molecule has 1 aliphatic carbocycles. The van der Waals surface area contributed by atoms with Crippen LogP contribution in [0.15, 0.2) is 0 Å². The second kappa shape index (κ2) is 8.42. The summed E-state index contributed by atoms with van der Waals surface area (Å²) in [6.45, 7) is 0.711. The third kappa shape index (κ3) is 4.53. The number of hydrogen-bond donors (Lipinski definition) is 1. The van der Waals surface area contributed by atoms with Gasteiger partial charge in [0.05, 0.1) is 6.07 Å². The van der Waals surface area contributed by atoms with Crippen molar-refractivity contribution in [3.8, 4) is 6.07 Å². The van der Waals surface area contributed by atoms with Crippen LogP contribution in [0.4, 0.5) is 0 Å². The van der Waals surface area contributed by atoms with Gasteiger partial charge in [0.1, 0.15) is 5.41 Å². The summed E-state index contributed by atoms with van der Waals surface area (Å²) in [7, 11) is 0. The van der Waals surface area contributed by atoms with E-state index in [9.17, 15) is 10.1 Å². The number of unbranched alkanes of at least 4 members (excludes halogenated alkanes) is 1. The van der Waals surface area contributed by atoms with E-state index in [-0.39, 0.29) is 5.91 Å². The van der Waals surface area contributed by atoms with E-state index < -0.39 is 5.41 Å². The van der Waals surface area contributed by atoms with Crippen molar-refractivity contribution in [2.75, 3.05) is 18.6 Å². The Labute approximate surface area is 115 Å². The van der Waals surface area contributed by atoms with Crippen molar-refractivity contribution in [2.24, 2.45) is 5.41 Å². The number of rotatable bonds is 6. The van der Waals surface area contributed by atoms with Crippen LogP contribution in [0.5, 0.6) is 0 Å². The molecule has 102 valence electrons. The van der Waals surface area contributed by atoms with Crippen LogP contribution in [0.1, 0.15) is 51.4 Å². The minimum atomic E-state index is -0.740. The highest BCUT2D eigenvalue weighted by Gasteiger charge is 2.38. The van der Waals surface area contributed by atoms with E-state index in [1.165, 1.54) is 0 Å². The van der Waals surface area contributed by atoms with E-state index in [1.54, 1.807) is 0 Å². The summed E-state index contributed by atoms with van der Waals surface area (Å²) in [4.78, 5) is 12.2. The summed E-state index contributed by atoms with van der Waals surface area (Å²) in [5.74, 6) is 1.11. The average molecular weight is 268 g/mol. The number of nitrogens with zero attached hydrogens (tertiary/aromatic N) is 1. The number of carbonyl (C=O) groups is 1. The van der Waals surface area contributed by atoms with Gasteiger partial charge in [-0.25, -0.2) is 0 Å². The van der Waals surface area contributed by atoms with Crippen molar-refractivity contribution in [1.82, 2.24) is 5.32 Å². The summed E-state index contributed by atoms with van der Waals surface area (Å²) < 4.78 is 0. The second-order valence-electron chi connectivity index (χ2n) is 5.06. The Morgan fingerprint density at radius 3 is 2.50 bits per heavy atom. The van der Waals surface area contributed by atoms with Crippen LogP contribution in [0, 0.1) is 16.7 Å². The van der Waals surface area contributed by atoms with E-state index in [4.69, 9.17) is 0 Å². The van der Waals surface area contributed by atoms with Crippen molar-refractivity contribution in [3.05, 3.63) is 0 Å². The Bertz CT molecular complexity index is 291. The first kappa shape index (κ1) is 15.4. The third-order valence-corrected chi connectivity index (χ3v) is 4.36. The van der Waals surface area contributed by atoms with Gasteiger partial charge < -0.3 is 5.32 Å². The molecule has 1 aliphatic rings. The standard InChI is InChI=1S/C14H24N2OS/c1-18-11-7-6-10-16-13(17)14(12-15)8-4-2-3-5-9-14/h2-11H2,1H3,(H,16,17). The molecule has 0 heterocycles. The van der Waals surface area contributed by atoms with Crippen molar-refractivity contribution in [1.29, 1.82) is 5.26 Å². The molecule has 3 nitrogen and oxygen atoms in total. The van der Waals surface area contributed by atoms with E-state index in [0.29, 0.717) is 6.54 Å². The van der Waals surface area contributed by atoms with E-state index >= 15 is 0 Å². The van der Waals surface area contributed by atoms with Gasteiger partial charge in [-0.2, -0.15) is 17.0 Å². The zero-order chi connectivity index (χ0) is 13.3. The van der Waals surface area contributed by atoms with Crippen molar-refractivity contribution in [3.63, 3.8) is 0 Å². The molecule has 1 saturated carbocycles. The van der Waals surface area contributed by atoms with Crippen LogP contribution in [0.2, 0.25) is 0 Å². The van der Waals surface area contributed by atoms with Crippen LogP contribution in [-0.4, -0.2) is 24.5 Å². The molecule has 0 atom stereocenters. The molecule has 1 rings (SSSR count). The molecule has 0 unspecified atom stereocenters. The molecule has 1 amide bonds.